The first-order chi connectivity index (χ1) is 16.7. The Labute approximate surface area is 202 Å². The Bertz CT molecular complexity index is 1470. The molecule has 0 aliphatic carbocycles. The van der Waals surface area contributed by atoms with Gasteiger partial charge in [-0.15, -0.1) is 15.3 Å². The SMILES string of the molecule is CN1CCN(c2ccc(Oc3nn4c(-c5ccccc5Cl)nnc4c4ccccc34)cc2)CC1. The molecule has 0 atom stereocenters. The maximum Gasteiger partial charge on any atom is 0.245 e. The number of rotatable bonds is 4. The normalized spacial score (nSPS) is 14.7. The molecule has 6 rings (SSSR count). The molecule has 1 saturated heterocycles. The summed E-state index contributed by atoms with van der Waals surface area (Å²) in [5.41, 5.74) is 2.62. The number of hydrogen-bond acceptors (Lipinski definition) is 6. The van der Waals surface area contributed by atoms with Crippen molar-refractivity contribution in [2.45, 2.75) is 0 Å². The fourth-order valence-electron chi connectivity index (χ4n) is 4.34. The van der Waals surface area contributed by atoms with Crippen LogP contribution in [0.3, 0.4) is 0 Å². The Balaban J connectivity index is 1.39. The summed E-state index contributed by atoms with van der Waals surface area (Å²) in [6.07, 6.45) is 0. The van der Waals surface area contributed by atoms with E-state index in [1.165, 1.54) is 5.69 Å². The summed E-state index contributed by atoms with van der Waals surface area (Å²) in [7, 11) is 2.16. The third-order valence-electron chi connectivity index (χ3n) is 6.26. The average Bonchev–Trinajstić information content (AvgIpc) is 3.29. The summed E-state index contributed by atoms with van der Waals surface area (Å²) in [6, 6.07) is 23.7. The molecule has 0 radical (unpaired) electrons. The van der Waals surface area contributed by atoms with Gasteiger partial charge in [0.2, 0.25) is 5.88 Å². The largest absolute Gasteiger partial charge is 0.437 e. The molecule has 8 heteroatoms. The van der Waals surface area contributed by atoms with E-state index >= 15 is 0 Å². The molecule has 1 fully saturated rings. The van der Waals surface area contributed by atoms with Gasteiger partial charge in [0.05, 0.1) is 5.02 Å². The Hall–Kier alpha value is -3.68. The maximum atomic E-state index is 6.44. The van der Waals surface area contributed by atoms with E-state index in [9.17, 15) is 0 Å². The number of benzene rings is 3. The maximum absolute atomic E-state index is 6.44. The van der Waals surface area contributed by atoms with Crippen molar-refractivity contribution in [2.24, 2.45) is 0 Å². The van der Waals surface area contributed by atoms with Crippen LogP contribution in [0.25, 0.3) is 27.8 Å². The number of ether oxygens (including phenoxy) is 1. The van der Waals surface area contributed by atoms with Crippen LogP contribution in [-0.4, -0.2) is 57.9 Å². The molecule has 34 heavy (non-hydrogen) atoms. The molecule has 0 amide bonds. The van der Waals surface area contributed by atoms with Crippen LogP contribution < -0.4 is 9.64 Å². The molecular formula is C26H23ClN6O. The van der Waals surface area contributed by atoms with E-state index in [0.29, 0.717) is 22.4 Å². The average molecular weight is 471 g/mol. The predicted octanol–water partition coefficient (Wildman–Crippen LogP) is 5.14. The van der Waals surface area contributed by atoms with E-state index in [4.69, 9.17) is 21.4 Å². The summed E-state index contributed by atoms with van der Waals surface area (Å²) in [6.45, 7) is 4.19. The summed E-state index contributed by atoms with van der Waals surface area (Å²) in [5, 5.41) is 16.0. The van der Waals surface area contributed by atoms with E-state index in [2.05, 4.69) is 39.2 Å². The Morgan fingerprint density at radius 3 is 2.26 bits per heavy atom. The van der Waals surface area contributed by atoms with E-state index in [-0.39, 0.29) is 0 Å². The minimum Gasteiger partial charge on any atom is -0.437 e. The lowest BCUT2D eigenvalue weighted by Crippen LogP contribution is -2.44. The lowest BCUT2D eigenvalue weighted by Gasteiger charge is -2.34. The molecule has 0 unspecified atom stereocenters. The van der Waals surface area contributed by atoms with Crippen molar-refractivity contribution < 1.29 is 4.74 Å². The molecule has 170 valence electrons. The fourth-order valence-corrected chi connectivity index (χ4v) is 4.56. The van der Waals surface area contributed by atoms with Crippen LogP contribution in [0.4, 0.5) is 5.69 Å². The van der Waals surface area contributed by atoms with Crippen molar-refractivity contribution in [3.63, 3.8) is 0 Å². The van der Waals surface area contributed by atoms with Crippen molar-refractivity contribution in [3.8, 4) is 23.0 Å². The molecule has 0 spiro atoms. The highest BCUT2D eigenvalue weighted by Crippen LogP contribution is 2.33. The van der Waals surface area contributed by atoms with Crippen LogP contribution in [0.2, 0.25) is 5.02 Å². The number of aromatic nitrogens is 4. The minimum atomic E-state index is 0.489. The monoisotopic (exact) mass is 470 g/mol. The molecule has 1 aliphatic rings. The van der Waals surface area contributed by atoms with Gasteiger partial charge in [0.15, 0.2) is 11.5 Å². The zero-order valence-electron chi connectivity index (χ0n) is 18.7. The van der Waals surface area contributed by atoms with Gasteiger partial charge in [-0.05, 0) is 49.5 Å². The lowest BCUT2D eigenvalue weighted by molar-refractivity contribution is 0.313. The lowest BCUT2D eigenvalue weighted by atomic mass is 10.2. The number of anilines is 1. The van der Waals surface area contributed by atoms with Crippen LogP contribution in [0.15, 0.2) is 72.8 Å². The van der Waals surface area contributed by atoms with Crippen LogP contribution in [0.5, 0.6) is 11.6 Å². The van der Waals surface area contributed by atoms with Gasteiger partial charge in [-0.1, -0.05) is 41.9 Å². The summed E-state index contributed by atoms with van der Waals surface area (Å²) in [4.78, 5) is 4.75. The number of halogens is 1. The number of piperazine rings is 1. The quantitative estimate of drug-likeness (QED) is 0.362. The van der Waals surface area contributed by atoms with Crippen LogP contribution >= 0.6 is 11.6 Å². The van der Waals surface area contributed by atoms with Crippen molar-refractivity contribution in [1.29, 1.82) is 0 Å². The van der Waals surface area contributed by atoms with Gasteiger partial charge in [0, 0.05) is 48.2 Å². The highest BCUT2D eigenvalue weighted by atomic mass is 35.5. The molecule has 1 aliphatic heterocycles. The van der Waals surface area contributed by atoms with Gasteiger partial charge in [-0.2, -0.15) is 4.52 Å². The minimum absolute atomic E-state index is 0.489. The molecular weight excluding hydrogens is 448 g/mol. The van der Waals surface area contributed by atoms with E-state index < -0.39 is 0 Å². The Kier molecular flexibility index (Phi) is 5.28. The zero-order valence-corrected chi connectivity index (χ0v) is 19.5. The third kappa shape index (κ3) is 3.73. The first kappa shape index (κ1) is 20.9. The predicted molar refractivity (Wildman–Crippen MR) is 135 cm³/mol. The van der Waals surface area contributed by atoms with Gasteiger partial charge >= 0.3 is 0 Å². The number of likely N-dealkylation sites (N-methyl/N-ethyl adjacent to an activating group) is 1. The van der Waals surface area contributed by atoms with Crippen LogP contribution in [-0.2, 0) is 0 Å². The molecule has 0 N–H and O–H groups in total. The summed E-state index contributed by atoms with van der Waals surface area (Å²) >= 11 is 6.44. The number of fused-ring (bicyclic) bond motifs is 3. The molecule has 0 saturated carbocycles. The van der Waals surface area contributed by atoms with Crippen molar-refractivity contribution in [2.75, 3.05) is 38.1 Å². The first-order valence-electron chi connectivity index (χ1n) is 11.3. The second-order valence-corrected chi connectivity index (χ2v) is 8.88. The Morgan fingerprint density at radius 2 is 1.50 bits per heavy atom. The van der Waals surface area contributed by atoms with E-state index in [1.807, 2.05) is 60.7 Å². The molecule has 3 heterocycles. The molecule has 2 aromatic heterocycles. The second kappa shape index (κ2) is 8.59. The van der Waals surface area contributed by atoms with Crippen molar-refractivity contribution in [3.05, 3.63) is 77.8 Å². The zero-order chi connectivity index (χ0) is 23.1. The standard InChI is InChI=1S/C26H23ClN6O/c1-31-14-16-32(17-15-31)18-10-12-19(13-11-18)34-26-21-7-3-2-6-20(21)24-28-29-25(33(24)30-26)22-8-4-5-9-23(22)27/h2-13H,14-17H2,1H3. The molecule has 0 bridgehead atoms. The van der Waals surface area contributed by atoms with Crippen LogP contribution in [0, 0.1) is 0 Å². The summed E-state index contributed by atoms with van der Waals surface area (Å²) < 4.78 is 8.01. The molecule has 3 aromatic carbocycles. The highest BCUT2D eigenvalue weighted by Gasteiger charge is 2.18. The smallest absolute Gasteiger partial charge is 0.245 e. The van der Waals surface area contributed by atoms with Gasteiger partial charge in [0.1, 0.15) is 5.75 Å². The van der Waals surface area contributed by atoms with E-state index in [1.54, 1.807) is 4.52 Å². The third-order valence-corrected chi connectivity index (χ3v) is 6.59. The Morgan fingerprint density at radius 1 is 0.794 bits per heavy atom. The van der Waals surface area contributed by atoms with Gasteiger partial charge in [-0.3, -0.25) is 0 Å². The topological polar surface area (TPSA) is 58.8 Å². The van der Waals surface area contributed by atoms with Crippen molar-refractivity contribution in [1.82, 2.24) is 24.7 Å². The number of nitrogens with zero attached hydrogens (tertiary/aromatic N) is 6. The number of hydrogen-bond donors (Lipinski definition) is 0. The van der Waals surface area contributed by atoms with Gasteiger partial charge < -0.3 is 14.5 Å². The molecule has 5 aromatic rings. The van der Waals surface area contributed by atoms with E-state index in [0.717, 1.165) is 48.3 Å². The highest BCUT2D eigenvalue weighted by molar-refractivity contribution is 6.33. The second-order valence-electron chi connectivity index (χ2n) is 8.48. The van der Waals surface area contributed by atoms with Crippen molar-refractivity contribution >= 4 is 33.7 Å². The fraction of sp³-hybridized carbons (Fsp3) is 0.192. The van der Waals surface area contributed by atoms with Gasteiger partial charge in [-0.25, -0.2) is 0 Å². The van der Waals surface area contributed by atoms with Crippen LogP contribution in [0.1, 0.15) is 0 Å². The summed E-state index contributed by atoms with van der Waals surface area (Å²) in [5.74, 6) is 1.78. The molecule has 7 nitrogen and oxygen atoms in total. The van der Waals surface area contributed by atoms with Gasteiger partial charge in [0.25, 0.3) is 0 Å². The first-order valence-corrected chi connectivity index (χ1v) is 11.7.